The molecule has 0 saturated heterocycles. The number of aromatic nitrogens is 1. The summed E-state index contributed by atoms with van der Waals surface area (Å²) in [6, 6.07) is 4.91. The molecule has 6 heteroatoms. The normalized spacial score (nSPS) is 11.1. The van der Waals surface area contributed by atoms with Crippen LogP contribution in [0.3, 0.4) is 0 Å². The maximum Gasteiger partial charge on any atom is 0.329 e. The van der Waals surface area contributed by atoms with E-state index in [0.717, 1.165) is 4.90 Å². The first-order valence-electron chi connectivity index (χ1n) is 4.91. The van der Waals surface area contributed by atoms with Crippen molar-refractivity contribution < 1.29 is 14.7 Å². The Labute approximate surface area is 108 Å². The van der Waals surface area contributed by atoms with Crippen molar-refractivity contribution in [3.8, 4) is 0 Å². The fraction of sp³-hybridized carbons (Fsp3) is 0.364. The van der Waals surface area contributed by atoms with Gasteiger partial charge in [0.05, 0.1) is 0 Å². The van der Waals surface area contributed by atoms with E-state index in [0.29, 0.717) is 4.60 Å². The largest absolute Gasteiger partial charge is 0.480 e. The van der Waals surface area contributed by atoms with Crippen molar-refractivity contribution in [3.05, 3.63) is 28.5 Å². The summed E-state index contributed by atoms with van der Waals surface area (Å²) in [5.74, 6) is -1.50. The average Bonchev–Trinajstić information content (AvgIpc) is 2.26. The predicted molar refractivity (Wildman–Crippen MR) is 65.7 cm³/mol. The maximum absolute atomic E-state index is 12.0. The summed E-state index contributed by atoms with van der Waals surface area (Å²) in [4.78, 5) is 28.2. The number of carboxylic acids is 1. The van der Waals surface area contributed by atoms with E-state index in [1.54, 1.807) is 18.2 Å². The quantitative estimate of drug-likeness (QED) is 0.864. The van der Waals surface area contributed by atoms with Gasteiger partial charge in [0, 0.05) is 7.05 Å². The number of amides is 1. The third kappa shape index (κ3) is 2.82. The molecule has 1 heterocycles. The van der Waals surface area contributed by atoms with Crippen molar-refractivity contribution in [3.63, 3.8) is 0 Å². The van der Waals surface area contributed by atoms with Crippen molar-refractivity contribution >= 4 is 27.8 Å². The second-order valence-electron chi connectivity index (χ2n) is 4.07. The van der Waals surface area contributed by atoms with E-state index in [1.165, 1.54) is 20.9 Å². The van der Waals surface area contributed by atoms with Gasteiger partial charge in [-0.3, -0.25) is 4.79 Å². The molecular formula is C11H13BrN2O3. The summed E-state index contributed by atoms with van der Waals surface area (Å²) in [6.45, 7) is 2.93. The number of halogens is 1. The highest BCUT2D eigenvalue weighted by Crippen LogP contribution is 2.16. The summed E-state index contributed by atoms with van der Waals surface area (Å²) in [5.41, 5.74) is -1.07. The van der Waals surface area contributed by atoms with Crippen LogP contribution in [0.1, 0.15) is 24.3 Å². The number of hydrogen-bond acceptors (Lipinski definition) is 3. The molecular weight excluding hydrogens is 288 g/mol. The highest BCUT2D eigenvalue weighted by Gasteiger charge is 2.35. The Morgan fingerprint density at radius 2 is 2.00 bits per heavy atom. The predicted octanol–water partition coefficient (Wildman–Crippen LogP) is 1.78. The van der Waals surface area contributed by atoms with Crippen molar-refractivity contribution in [1.29, 1.82) is 0 Å². The molecule has 0 aliphatic heterocycles. The standard InChI is InChI=1S/C11H13BrN2O3/c1-11(2,10(16)17)14(3)9(15)7-5-4-6-8(12)13-7/h4-6H,1-3H3,(H,16,17). The van der Waals surface area contributed by atoms with Gasteiger partial charge in [0.2, 0.25) is 0 Å². The van der Waals surface area contributed by atoms with Crippen molar-refractivity contribution in [1.82, 2.24) is 9.88 Å². The van der Waals surface area contributed by atoms with E-state index in [9.17, 15) is 9.59 Å². The Balaban J connectivity index is 3.02. The Morgan fingerprint density at radius 3 is 2.47 bits per heavy atom. The smallest absolute Gasteiger partial charge is 0.329 e. The first-order valence-corrected chi connectivity index (χ1v) is 5.70. The molecule has 0 unspecified atom stereocenters. The average molecular weight is 301 g/mol. The zero-order valence-electron chi connectivity index (χ0n) is 9.77. The van der Waals surface area contributed by atoms with E-state index in [2.05, 4.69) is 20.9 Å². The summed E-state index contributed by atoms with van der Waals surface area (Å²) in [6.07, 6.45) is 0. The first kappa shape index (κ1) is 13.6. The lowest BCUT2D eigenvalue weighted by Gasteiger charge is -2.31. The minimum Gasteiger partial charge on any atom is -0.480 e. The fourth-order valence-electron chi connectivity index (χ4n) is 1.10. The third-order valence-corrected chi connectivity index (χ3v) is 3.04. The number of hydrogen-bond donors (Lipinski definition) is 1. The van der Waals surface area contributed by atoms with E-state index >= 15 is 0 Å². The molecule has 0 atom stereocenters. The van der Waals surface area contributed by atoms with Crippen LogP contribution in [0, 0.1) is 0 Å². The Kier molecular flexibility index (Phi) is 3.87. The van der Waals surface area contributed by atoms with Crippen LogP contribution < -0.4 is 0 Å². The van der Waals surface area contributed by atoms with E-state index in [4.69, 9.17) is 5.11 Å². The van der Waals surface area contributed by atoms with Gasteiger partial charge in [-0.15, -0.1) is 0 Å². The molecule has 5 nitrogen and oxygen atoms in total. The van der Waals surface area contributed by atoms with E-state index in [1.807, 2.05) is 0 Å². The van der Waals surface area contributed by atoms with Crippen LogP contribution in [0.4, 0.5) is 0 Å². The number of carboxylic acid groups (broad SMARTS) is 1. The van der Waals surface area contributed by atoms with Crippen LogP contribution in [-0.2, 0) is 4.79 Å². The molecule has 1 aromatic rings. The van der Waals surface area contributed by atoms with Crippen LogP contribution >= 0.6 is 15.9 Å². The number of rotatable bonds is 3. The molecule has 0 radical (unpaired) electrons. The van der Waals surface area contributed by atoms with Crippen LogP contribution in [0.25, 0.3) is 0 Å². The molecule has 92 valence electrons. The zero-order valence-corrected chi connectivity index (χ0v) is 11.4. The van der Waals surface area contributed by atoms with Gasteiger partial charge in [-0.25, -0.2) is 9.78 Å². The van der Waals surface area contributed by atoms with Gasteiger partial charge in [-0.1, -0.05) is 6.07 Å². The summed E-state index contributed by atoms with van der Waals surface area (Å²) in [7, 11) is 1.44. The van der Waals surface area contributed by atoms with Gasteiger partial charge in [0.25, 0.3) is 5.91 Å². The highest BCUT2D eigenvalue weighted by atomic mass is 79.9. The van der Waals surface area contributed by atoms with Crippen molar-refractivity contribution in [2.75, 3.05) is 7.05 Å². The molecule has 0 aliphatic rings. The first-order chi connectivity index (χ1) is 7.76. The third-order valence-electron chi connectivity index (χ3n) is 2.60. The minimum atomic E-state index is -1.28. The Hall–Kier alpha value is -1.43. The molecule has 0 aliphatic carbocycles. The maximum atomic E-state index is 12.0. The second kappa shape index (κ2) is 4.83. The monoisotopic (exact) mass is 300 g/mol. The molecule has 17 heavy (non-hydrogen) atoms. The van der Waals surface area contributed by atoms with E-state index in [-0.39, 0.29) is 5.69 Å². The van der Waals surface area contributed by atoms with Crippen LogP contribution in [0.15, 0.2) is 22.8 Å². The SMILES string of the molecule is CN(C(=O)c1cccc(Br)n1)C(C)(C)C(=O)O. The molecule has 0 bridgehead atoms. The topological polar surface area (TPSA) is 70.5 Å². The molecule has 1 aromatic heterocycles. The molecule has 0 spiro atoms. The van der Waals surface area contributed by atoms with Gasteiger partial charge in [-0.05, 0) is 41.9 Å². The number of nitrogens with zero attached hydrogens (tertiary/aromatic N) is 2. The van der Waals surface area contributed by atoms with Gasteiger partial charge in [-0.2, -0.15) is 0 Å². The van der Waals surface area contributed by atoms with Gasteiger partial charge >= 0.3 is 5.97 Å². The van der Waals surface area contributed by atoms with Gasteiger partial charge < -0.3 is 10.0 Å². The lowest BCUT2D eigenvalue weighted by molar-refractivity contribution is -0.147. The molecule has 1 N–H and O–H groups in total. The Bertz CT molecular complexity index is 460. The number of carbonyl (C=O) groups excluding carboxylic acids is 1. The fourth-order valence-corrected chi connectivity index (χ4v) is 1.44. The van der Waals surface area contributed by atoms with Crippen LogP contribution in [-0.4, -0.2) is 39.5 Å². The zero-order chi connectivity index (χ0) is 13.2. The van der Waals surface area contributed by atoms with Crippen LogP contribution in [0.5, 0.6) is 0 Å². The number of carbonyl (C=O) groups is 2. The van der Waals surface area contributed by atoms with Crippen molar-refractivity contribution in [2.45, 2.75) is 19.4 Å². The van der Waals surface area contributed by atoms with Gasteiger partial charge in [0.15, 0.2) is 0 Å². The lowest BCUT2D eigenvalue weighted by Crippen LogP contribution is -2.50. The molecule has 1 amide bonds. The lowest BCUT2D eigenvalue weighted by atomic mass is 10.0. The summed E-state index contributed by atoms with van der Waals surface area (Å²) in [5, 5.41) is 9.04. The summed E-state index contributed by atoms with van der Waals surface area (Å²) < 4.78 is 0.532. The van der Waals surface area contributed by atoms with Crippen LogP contribution in [0.2, 0.25) is 0 Å². The minimum absolute atomic E-state index is 0.205. The van der Waals surface area contributed by atoms with E-state index < -0.39 is 17.4 Å². The summed E-state index contributed by atoms with van der Waals surface area (Å²) >= 11 is 3.16. The van der Waals surface area contributed by atoms with Crippen molar-refractivity contribution in [2.24, 2.45) is 0 Å². The molecule has 1 rings (SSSR count). The number of likely N-dealkylation sites (N-methyl/N-ethyl adjacent to an activating group) is 1. The Morgan fingerprint density at radius 1 is 1.41 bits per heavy atom. The molecule has 0 saturated carbocycles. The molecule has 0 aromatic carbocycles. The highest BCUT2D eigenvalue weighted by molar-refractivity contribution is 9.10. The number of pyridine rings is 1. The number of aliphatic carboxylic acids is 1. The van der Waals surface area contributed by atoms with Gasteiger partial charge in [0.1, 0.15) is 15.8 Å². The molecule has 0 fully saturated rings. The second-order valence-corrected chi connectivity index (χ2v) is 4.89.